The van der Waals surface area contributed by atoms with Crippen molar-refractivity contribution in [2.75, 3.05) is 32.7 Å². The number of carbonyl (C=O) groups excluding carboxylic acids is 2. The second-order valence-electron chi connectivity index (χ2n) is 5.63. The molecular weight excluding hydrogens is 274 g/mol. The smallest absolute Gasteiger partial charge is 0.317 e. The highest BCUT2D eigenvalue weighted by Gasteiger charge is 2.40. The van der Waals surface area contributed by atoms with Gasteiger partial charge in [-0.3, -0.25) is 9.59 Å². The van der Waals surface area contributed by atoms with Gasteiger partial charge in [0.05, 0.1) is 11.8 Å². The minimum atomic E-state index is -0.869. The lowest BCUT2D eigenvalue weighted by Gasteiger charge is -2.36. The summed E-state index contributed by atoms with van der Waals surface area (Å²) in [5, 5.41) is 11.9. The number of urea groups is 1. The zero-order chi connectivity index (χ0) is 15.4. The number of amides is 3. The van der Waals surface area contributed by atoms with Crippen LogP contribution in [0, 0.1) is 11.8 Å². The summed E-state index contributed by atoms with van der Waals surface area (Å²) in [5.41, 5.74) is 0. The van der Waals surface area contributed by atoms with Crippen LogP contribution in [0.2, 0.25) is 0 Å². The Morgan fingerprint density at radius 3 is 2.19 bits per heavy atom. The summed E-state index contributed by atoms with van der Waals surface area (Å²) in [7, 11) is 0. The predicted octanol–water partition coefficient (Wildman–Crippen LogP) is 0.361. The molecule has 7 heteroatoms. The molecule has 3 amide bonds. The highest BCUT2D eigenvalue weighted by molar-refractivity contribution is 5.85. The maximum absolute atomic E-state index is 12.5. The maximum atomic E-state index is 12.5. The summed E-state index contributed by atoms with van der Waals surface area (Å²) in [5.74, 6) is -1.86. The monoisotopic (exact) mass is 297 g/mol. The Morgan fingerprint density at radius 1 is 1.05 bits per heavy atom. The number of aliphatic carboxylic acids is 1. The van der Waals surface area contributed by atoms with Gasteiger partial charge in [-0.05, 0) is 19.8 Å². The van der Waals surface area contributed by atoms with Crippen LogP contribution in [0.1, 0.15) is 26.2 Å². The Labute approximate surface area is 124 Å². The van der Waals surface area contributed by atoms with Crippen molar-refractivity contribution in [1.82, 2.24) is 15.1 Å². The minimum Gasteiger partial charge on any atom is -0.481 e. The van der Waals surface area contributed by atoms with E-state index in [1.54, 1.807) is 9.80 Å². The Kier molecular flexibility index (Phi) is 5.03. The molecule has 0 aromatic carbocycles. The number of carboxylic acids is 1. The highest BCUT2D eigenvalue weighted by atomic mass is 16.4. The van der Waals surface area contributed by atoms with Crippen LogP contribution in [0.3, 0.4) is 0 Å². The molecule has 2 fully saturated rings. The molecule has 2 unspecified atom stereocenters. The van der Waals surface area contributed by atoms with Crippen molar-refractivity contribution >= 4 is 17.9 Å². The van der Waals surface area contributed by atoms with Crippen LogP contribution in [0.15, 0.2) is 0 Å². The van der Waals surface area contributed by atoms with Crippen molar-refractivity contribution in [1.29, 1.82) is 0 Å². The van der Waals surface area contributed by atoms with Crippen molar-refractivity contribution in [3.8, 4) is 0 Å². The third-order valence-electron chi connectivity index (χ3n) is 4.36. The van der Waals surface area contributed by atoms with Gasteiger partial charge < -0.3 is 20.2 Å². The molecule has 2 N–H and O–H groups in total. The SMILES string of the molecule is CCNC(=O)N1CCN(C(=O)C2CCCC2C(=O)O)CC1. The lowest BCUT2D eigenvalue weighted by molar-refractivity contribution is -0.149. The van der Waals surface area contributed by atoms with Gasteiger partial charge in [-0.15, -0.1) is 0 Å². The summed E-state index contributed by atoms with van der Waals surface area (Å²) < 4.78 is 0. The average Bonchev–Trinajstić information content (AvgIpc) is 2.96. The Balaban J connectivity index is 1.88. The first kappa shape index (κ1) is 15.6. The van der Waals surface area contributed by atoms with Crippen LogP contribution < -0.4 is 5.32 Å². The number of hydrogen-bond acceptors (Lipinski definition) is 3. The highest BCUT2D eigenvalue weighted by Crippen LogP contribution is 2.33. The first-order valence-electron chi connectivity index (χ1n) is 7.59. The van der Waals surface area contributed by atoms with E-state index in [9.17, 15) is 19.5 Å². The molecule has 0 radical (unpaired) electrons. The molecule has 0 aromatic rings. The zero-order valence-corrected chi connectivity index (χ0v) is 12.4. The van der Waals surface area contributed by atoms with Crippen LogP contribution in [0.25, 0.3) is 0 Å². The molecule has 0 aromatic heterocycles. The Bertz CT molecular complexity index is 418. The van der Waals surface area contributed by atoms with Crippen LogP contribution >= 0.6 is 0 Å². The Morgan fingerprint density at radius 2 is 1.62 bits per heavy atom. The third kappa shape index (κ3) is 3.46. The lowest BCUT2D eigenvalue weighted by atomic mass is 9.94. The van der Waals surface area contributed by atoms with Crippen LogP contribution in [0.5, 0.6) is 0 Å². The van der Waals surface area contributed by atoms with Crippen molar-refractivity contribution in [3.05, 3.63) is 0 Å². The quantitative estimate of drug-likeness (QED) is 0.787. The molecule has 0 bridgehead atoms. The van der Waals surface area contributed by atoms with Gasteiger partial charge in [-0.25, -0.2) is 4.79 Å². The van der Waals surface area contributed by atoms with Crippen molar-refractivity contribution < 1.29 is 19.5 Å². The fourth-order valence-electron chi connectivity index (χ4n) is 3.18. The number of piperazine rings is 1. The first-order chi connectivity index (χ1) is 10.0. The summed E-state index contributed by atoms with van der Waals surface area (Å²) in [6.45, 7) is 4.42. The largest absolute Gasteiger partial charge is 0.481 e. The summed E-state index contributed by atoms with van der Waals surface area (Å²) in [4.78, 5) is 38.7. The van der Waals surface area contributed by atoms with Gasteiger partial charge in [0.2, 0.25) is 5.91 Å². The molecule has 21 heavy (non-hydrogen) atoms. The maximum Gasteiger partial charge on any atom is 0.317 e. The van der Waals surface area contributed by atoms with Crippen LogP contribution in [-0.2, 0) is 9.59 Å². The second-order valence-corrected chi connectivity index (χ2v) is 5.63. The summed E-state index contributed by atoms with van der Waals surface area (Å²) in [6, 6.07) is -0.103. The van der Waals surface area contributed by atoms with E-state index >= 15 is 0 Å². The van der Waals surface area contributed by atoms with Crippen molar-refractivity contribution in [3.63, 3.8) is 0 Å². The summed E-state index contributed by atoms with van der Waals surface area (Å²) >= 11 is 0. The Hall–Kier alpha value is -1.79. The van der Waals surface area contributed by atoms with Gasteiger partial charge >= 0.3 is 12.0 Å². The molecule has 1 aliphatic heterocycles. The van der Waals surface area contributed by atoms with E-state index in [-0.39, 0.29) is 11.9 Å². The van der Waals surface area contributed by atoms with E-state index in [4.69, 9.17) is 0 Å². The standard InChI is InChI=1S/C14H23N3O4/c1-2-15-14(21)17-8-6-16(7-9-17)12(18)10-4-3-5-11(10)13(19)20/h10-11H,2-9H2,1H3,(H,15,21)(H,19,20). The van der Waals surface area contributed by atoms with Gasteiger partial charge in [0.25, 0.3) is 0 Å². The van der Waals surface area contributed by atoms with E-state index < -0.39 is 17.8 Å². The fraction of sp³-hybridized carbons (Fsp3) is 0.786. The second kappa shape index (κ2) is 6.78. The molecule has 1 aliphatic carbocycles. The van der Waals surface area contributed by atoms with Gasteiger partial charge in [-0.1, -0.05) is 6.42 Å². The number of carboxylic acid groups (broad SMARTS) is 1. The molecule has 1 heterocycles. The minimum absolute atomic E-state index is 0.0598. The van der Waals surface area contributed by atoms with E-state index in [0.29, 0.717) is 45.6 Å². The predicted molar refractivity (Wildman–Crippen MR) is 75.7 cm³/mol. The van der Waals surface area contributed by atoms with E-state index in [1.807, 2.05) is 6.92 Å². The first-order valence-corrected chi connectivity index (χ1v) is 7.59. The molecule has 118 valence electrons. The summed E-state index contributed by atoms with van der Waals surface area (Å²) in [6.07, 6.45) is 2.04. The normalized spacial score (nSPS) is 25.8. The van der Waals surface area contributed by atoms with Gasteiger partial charge in [0.1, 0.15) is 0 Å². The molecular formula is C14H23N3O4. The van der Waals surface area contributed by atoms with E-state index in [0.717, 1.165) is 6.42 Å². The molecule has 1 saturated carbocycles. The molecule has 2 atom stereocenters. The number of nitrogens with one attached hydrogen (secondary N) is 1. The van der Waals surface area contributed by atoms with Gasteiger partial charge in [0.15, 0.2) is 0 Å². The molecule has 0 spiro atoms. The van der Waals surface area contributed by atoms with E-state index in [2.05, 4.69) is 5.32 Å². The fourth-order valence-corrected chi connectivity index (χ4v) is 3.18. The van der Waals surface area contributed by atoms with Crippen molar-refractivity contribution in [2.45, 2.75) is 26.2 Å². The molecule has 2 rings (SSSR count). The number of carbonyl (C=O) groups is 3. The van der Waals surface area contributed by atoms with Crippen molar-refractivity contribution in [2.24, 2.45) is 11.8 Å². The number of nitrogens with zero attached hydrogens (tertiary/aromatic N) is 2. The average molecular weight is 297 g/mol. The topological polar surface area (TPSA) is 90.0 Å². The third-order valence-corrected chi connectivity index (χ3v) is 4.36. The van der Waals surface area contributed by atoms with E-state index in [1.165, 1.54) is 0 Å². The van der Waals surface area contributed by atoms with Gasteiger partial charge in [0, 0.05) is 32.7 Å². The molecule has 7 nitrogen and oxygen atoms in total. The number of rotatable bonds is 3. The molecule has 1 saturated heterocycles. The number of hydrogen-bond donors (Lipinski definition) is 2. The molecule has 2 aliphatic rings. The zero-order valence-electron chi connectivity index (χ0n) is 12.4. The lowest BCUT2D eigenvalue weighted by Crippen LogP contribution is -2.54. The van der Waals surface area contributed by atoms with Crippen LogP contribution in [0.4, 0.5) is 4.79 Å². The van der Waals surface area contributed by atoms with Crippen LogP contribution in [-0.4, -0.2) is 65.5 Å². The van der Waals surface area contributed by atoms with Gasteiger partial charge in [-0.2, -0.15) is 0 Å².